The van der Waals surface area contributed by atoms with Crippen LogP contribution in [0.2, 0.25) is 10.0 Å². The lowest BCUT2D eigenvalue weighted by molar-refractivity contribution is -0.170. The molecule has 0 spiro atoms. The lowest BCUT2D eigenvalue weighted by Crippen LogP contribution is -2.31. The van der Waals surface area contributed by atoms with Crippen molar-refractivity contribution in [1.82, 2.24) is 0 Å². The average molecular weight is 588 g/mol. The van der Waals surface area contributed by atoms with Crippen LogP contribution in [0.5, 0.6) is 11.5 Å². The molecule has 0 aromatic heterocycles. The summed E-state index contributed by atoms with van der Waals surface area (Å²) in [6.07, 6.45) is 1.45. The zero-order valence-electron chi connectivity index (χ0n) is 15.5. The third-order valence-electron chi connectivity index (χ3n) is 3.28. The van der Waals surface area contributed by atoms with E-state index in [1.807, 2.05) is 0 Å². The first-order valence-corrected chi connectivity index (χ1v) is 11.6. The number of benzene rings is 1. The number of halogens is 8. The Kier molecular flexibility index (Phi) is 13.9. The van der Waals surface area contributed by atoms with Gasteiger partial charge in [0.05, 0.1) is 36.5 Å². The number of rotatable bonds is 13. The number of ether oxygens (including phenoxy) is 4. The van der Waals surface area contributed by atoms with E-state index in [4.69, 9.17) is 112 Å². The summed E-state index contributed by atoms with van der Waals surface area (Å²) in [7, 11) is 0. The fourth-order valence-corrected chi connectivity index (χ4v) is 3.00. The first kappa shape index (κ1) is 29.1. The number of phenols is 1. The Morgan fingerprint density at radius 1 is 0.800 bits per heavy atom. The largest absolute Gasteiger partial charge is 0.508 e. The summed E-state index contributed by atoms with van der Waals surface area (Å²) in [6, 6.07) is 2.73. The minimum Gasteiger partial charge on any atom is -0.508 e. The van der Waals surface area contributed by atoms with E-state index in [1.54, 1.807) is 0 Å². The Labute approximate surface area is 215 Å². The second-order valence-electron chi connectivity index (χ2n) is 6.00. The molecule has 0 amide bonds. The van der Waals surface area contributed by atoms with Gasteiger partial charge in [-0.15, -0.1) is 0 Å². The fraction of sp³-hybridized carbons (Fsp3) is 0.647. The quantitative estimate of drug-likeness (QED) is 0.148. The van der Waals surface area contributed by atoms with E-state index < -0.39 is 13.9 Å². The normalized spacial score (nSPS) is 12.6. The van der Waals surface area contributed by atoms with Crippen LogP contribution < -0.4 is 4.74 Å². The van der Waals surface area contributed by atoms with Crippen molar-refractivity contribution in [2.24, 2.45) is 0 Å². The van der Waals surface area contributed by atoms with Gasteiger partial charge in [-0.05, 0) is 19.3 Å². The standard InChI is InChI=1S/C17H20Cl8O5/c18-12-6-11(26)7-13(19)15(12)28-5-3-1-2-4-27-8-14(29-9-16(20,21)22)30-10-17(23,24)25/h6-7,14,26H,1-5,8-10H2. The summed E-state index contributed by atoms with van der Waals surface area (Å²) in [5, 5.41) is 9.90. The topological polar surface area (TPSA) is 57.2 Å². The molecule has 1 aromatic carbocycles. The summed E-state index contributed by atoms with van der Waals surface area (Å²) >= 11 is 46.0. The SMILES string of the molecule is Oc1cc(Cl)c(OCCCCCOCC(OCC(Cl)(Cl)Cl)OCC(Cl)(Cl)Cl)c(Cl)c1. The number of phenolic OH excluding ortho intramolecular Hbond substituents is 1. The molecular formula is C17H20Cl8O5. The zero-order chi connectivity index (χ0) is 22.8. The van der Waals surface area contributed by atoms with Gasteiger partial charge < -0.3 is 24.1 Å². The lowest BCUT2D eigenvalue weighted by atomic mass is 10.2. The minimum absolute atomic E-state index is 0.0246. The maximum Gasteiger partial charge on any atom is 0.213 e. The highest BCUT2D eigenvalue weighted by molar-refractivity contribution is 6.68. The predicted molar refractivity (Wildman–Crippen MR) is 125 cm³/mol. The first-order valence-electron chi connectivity index (χ1n) is 8.62. The number of unbranched alkanes of at least 4 members (excludes halogenated alkanes) is 2. The third kappa shape index (κ3) is 14.2. The van der Waals surface area contributed by atoms with Gasteiger partial charge in [0.15, 0.2) is 12.0 Å². The van der Waals surface area contributed by atoms with Crippen molar-refractivity contribution in [3.05, 3.63) is 22.2 Å². The smallest absolute Gasteiger partial charge is 0.213 e. The fourth-order valence-electron chi connectivity index (χ4n) is 2.04. The maximum absolute atomic E-state index is 9.40. The van der Waals surface area contributed by atoms with E-state index in [2.05, 4.69) is 0 Å². The van der Waals surface area contributed by atoms with Gasteiger partial charge >= 0.3 is 0 Å². The lowest BCUT2D eigenvalue weighted by Gasteiger charge is -2.22. The van der Waals surface area contributed by atoms with Crippen molar-refractivity contribution >= 4 is 92.8 Å². The molecule has 1 N–H and O–H groups in total. The average Bonchev–Trinajstić information content (AvgIpc) is 2.58. The van der Waals surface area contributed by atoms with E-state index in [-0.39, 0.29) is 35.6 Å². The molecule has 13 heteroatoms. The molecule has 0 aliphatic carbocycles. The highest BCUT2D eigenvalue weighted by Gasteiger charge is 2.26. The predicted octanol–water partition coefficient (Wildman–Crippen LogP) is 7.36. The molecular weight excluding hydrogens is 568 g/mol. The van der Waals surface area contributed by atoms with Crippen LogP contribution in [0, 0.1) is 0 Å². The molecule has 0 atom stereocenters. The van der Waals surface area contributed by atoms with E-state index in [9.17, 15) is 5.11 Å². The van der Waals surface area contributed by atoms with E-state index in [1.165, 1.54) is 12.1 Å². The van der Waals surface area contributed by atoms with Gasteiger partial charge in [0.1, 0.15) is 5.75 Å². The van der Waals surface area contributed by atoms with Gasteiger partial charge in [-0.1, -0.05) is 92.8 Å². The number of aromatic hydroxyl groups is 1. The number of alkyl halides is 6. The molecule has 1 rings (SSSR count). The van der Waals surface area contributed by atoms with Crippen LogP contribution in [0.25, 0.3) is 0 Å². The summed E-state index contributed by atoms with van der Waals surface area (Å²) in [4.78, 5) is 0. The Morgan fingerprint density at radius 2 is 1.30 bits per heavy atom. The summed E-state index contributed by atoms with van der Waals surface area (Å²) < 4.78 is 18.6. The van der Waals surface area contributed by atoms with Crippen LogP contribution >= 0.6 is 92.8 Å². The Hall–Kier alpha value is 1.02. The van der Waals surface area contributed by atoms with Crippen molar-refractivity contribution in [1.29, 1.82) is 0 Å². The van der Waals surface area contributed by atoms with Crippen LogP contribution in [0.4, 0.5) is 0 Å². The molecule has 0 radical (unpaired) electrons. The highest BCUT2D eigenvalue weighted by Crippen LogP contribution is 2.36. The van der Waals surface area contributed by atoms with Gasteiger partial charge in [-0.3, -0.25) is 0 Å². The Bertz CT molecular complexity index is 595. The summed E-state index contributed by atoms with van der Waals surface area (Å²) in [5.41, 5.74) is 0. The first-order chi connectivity index (χ1) is 13.9. The summed E-state index contributed by atoms with van der Waals surface area (Å²) in [5.74, 6) is 0.316. The maximum atomic E-state index is 9.40. The van der Waals surface area contributed by atoms with Crippen molar-refractivity contribution in [3.8, 4) is 11.5 Å². The third-order valence-corrected chi connectivity index (χ3v) is 4.50. The Balaban J connectivity index is 2.24. The number of hydrogen-bond acceptors (Lipinski definition) is 5. The zero-order valence-corrected chi connectivity index (χ0v) is 21.5. The van der Waals surface area contributed by atoms with E-state index >= 15 is 0 Å². The molecule has 0 aliphatic heterocycles. The van der Waals surface area contributed by atoms with Crippen LogP contribution in [-0.4, -0.2) is 52.0 Å². The minimum atomic E-state index is -1.61. The van der Waals surface area contributed by atoms with Gasteiger partial charge in [0.2, 0.25) is 7.59 Å². The second-order valence-corrected chi connectivity index (χ2v) is 11.9. The van der Waals surface area contributed by atoms with E-state index in [0.29, 0.717) is 19.0 Å². The van der Waals surface area contributed by atoms with Crippen LogP contribution in [0.3, 0.4) is 0 Å². The van der Waals surface area contributed by atoms with Crippen molar-refractivity contribution < 1.29 is 24.1 Å². The monoisotopic (exact) mass is 584 g/mol. The van der Waals surface area contributed by atoms with Crippen molar-refractivity contribution in [2.75, 3.05) is 33.0 Å². The molecule has 5 nitrogen and oxygen atoms in total. The van der Waals surface area contributed by atoms with Gasteiger partial charge in [-0.2, -0.15) is 0 Å². The molecule has 0 heterocycles. The van der Waals surface area contributed by atoms with Crippen LogP contribution in [0.15, 0.2) is 12.1 Å². The van der Waals surface area contributed by atoms with Crippen LogP contribution in [-0.2, 0) is 14.2 Å². The molecule has 0 unspecified atom stereocenters. The second kappa shape index (κ2) is 14.3. The molecule has 0 saturated heterocycles. The van der Waals surface area contributed by atoms with Crippen molar-refractivity contribution in [3.63, 3.8) is 0 Å². The molecule has 0 saturated carbocycles. The van der Waals surface area contributed by atoms with Gasteiger partial charge in [0.25, 0.3) is 0 Å². The molecule has 30 heavy (non-hydrogen) atoms. The van der Waals surface area contributed by atoms with E-state index in [0.717, 1.165) is 19.3 Å². The number of hydrogen-bond donors (Lipinski definition) is 1. The molecule has 0 fully saturated rings. The van der Waals surface area contributed by atoms with Gasteiger partial charge in [-0.25, -0.2) is 0 Å². The van der Waals surface area contributed by atoms with Crippen LogP contribution in [0.1, 0.15) is 19.3 Å². The molecule has 1 aromatic rings. The molecule has 174 valence electrons. The van der Waals surface area contributed by atoms with Gasteiger partial charge in [0, 0.05) is 18.7 Å². The Morgan fingerprint density at radius 3 is 1.80 bits per heavy atom. The van der Waals surface area contributed by atoms with Crippen molar-refractivity contribution in [2.45, 2.75) is 33.1 Å². The molecule has 0 bridgehead atoms. The summed E-state index contributed by atoms with van der Waals surface area (Å²) in [6.45, 7) is 0.476. The highest BCUT2D eigenvalue weighted by atomic mass is 35.6. The molecule has 0 aliphatic rings.